The maximum Gasteiger partial charge on any atom is 0.261 e. The van der Waals surface area contributed by atoms with E-state index < -0.39 is 0 Å². The molecule has 0 bridgehead atoms. The van der Waals surface area contributed by atoms with E-state index in [1.54, 1.807) is 54.5 Å². The number of imide groups is 1. The summed E-state index contributed by atoms with van der Waals surface area (Å²) in [7, 11) is 1.56. The van der Waals surface area contributed by atoms with Crippen LogP contribution in [0, 0.1) is 0 Å². The van der Waals surface area contributed by atoms with Crippen LogP contribution >= 0.6 is 0 Å². The zero-order chi connectivity index (χ0) is 21.3. The summed E-state index contributed by atoms with van der Waals surface area (Å²) >= 11 is 0. The monoisotopic (exact) mass is 407 g/mol. The number of hydrogen-bond donors (Lipinski definition) is 1. The molecule has 1 N–H and O–H groups in total. The number of carbonyl (C=O) groups excluding carboxylic acids is 4. The average molecular weight is 407 g/mol. The van der Waals surface area contributed by atoms with Crippen LogP contribution in [0.25, 0.3) is 0 Å². The molecule has 0 spiro atoms. The second-order valence-corrected chi connectivity index (χ2v) is 7.23. The third-order valence-electron chi connectivity index (χ3n) is 5.30. The normalized spacial score (nSPS) is 18.0. The van der Waals surface area contributed by atoms with Gasteiger partial charge < -0.3 is 15.0 Å². The van der Waals surface area contributed by atoms with E-state index in [-0.39, 0.29) is 49.1 Å². The molecular weight excluding hydrogens is 386 g/mol. The van der Waals surface area contributed by atoms with Gasteiger partial charge in [0, 0.05) is 37.7 Å². The lowest BCUT2D eigenvalue weighted by molar-refractivity contribution is -0.121. The maximum absolute atomic E-state index is 12.4. The van der Waals surface area contributed by atoms with Gasteiger partial charge in [0.1, 0.15) is 5.75 Å². The van der Waals surface area contributed by atoms with Crippen molar-refractivity contribution in [2.24, 2.45) is 0 Å². The van der Waals surface area contributed by atoms with Crippen LogP contribution in [0.4, 0.5) is 5.69 Å². The number of amides is 4. The average Bonchev–Trinajstić information content (AvgIpc) is 3.24. The predicted octanol–water partition coefficient (Wildman–Crippen LogP) is 1.60. The molecule has 2 aromatic carbocycles. The van der Waals surface area contributed by atoms with E-state index in [9.17, 15) is 19.2 Å². The smallest absolute Gasteiger partial charge is 0.261 e. The Hall–Kier alpha value is -3.68. The van der Waals surface area contributed by atoms with E-state index in [0.29, 0.717) is 29.1 Å². The molecule has 4 amide bonds. The van der Waals surface area contributed by atoms with Crippen LogP contribution in [0.5, 0.6) is 5.75 Å². The summed E-state index contributed by atoms with van der Waals surface area (Å²) in [5.74, 6) is -0.522. The van der Waals surface area contributed by atoms with Crippen LogP contribution in [-0.2, 0) is 9.59 Å². The van der Waals surface area contributed by atoms with E-state index in [2.05, 4.69) is 5.32 Å². The first-order valence-corrected chi connectivity index (χ1v) is 9.67. The van der Waals surface area contributed by atoms with Crippen molar-refractivity contribution in [1.82, 2.24) is 10.2 Å². The summed E-state index contributed by atoms with van der Waals surface area (Å²) in [5.41, 5.74) is 1.43. The molecule has 8 heteroatoms. The molecule has 8 nitrogen and oxygen atoms in total. The van der Waals surface area contributed by atoms with Crippen LogP contribution < -0.4 is 15.0 Å². The van der Waals surface area contributed by atoms with E-state index in [1.807, 2.05) is 6.07 Å². The van der Waals surface area contributed by atoms with E-state index in [0.717, 1.165) is 4.90 Å². The van der Waals surface area contributed by atoms with E-state index in [4.69, 9.17) is 4.74 Å². The molecule has 2 aromatic rings. The Morgan fingerprint density at radius 3 is 2.43 bits per heavy atom. The van der Waals surface area contributed by atoms with Gasteiger partial charge >= 0.3 is 0 Å². The molecule has 1 saturated heterocycles. The number of hydrogen-bond acceptors (Lipinski definition) is 5. The van der Waals surface area contributed by atoms with Crippen molar-refractivity contribution in [2.45, 2.75) is 18.9 Å². The van der Waals surface area contributed by atoms with E-state index in [1.165, 1.54) is 0 Å². The van der Waals surface area contributed by atoms with Crippen molar-refractivity contribution >= 4 is 29.3 Å². The van der Waals surface area contributed by atoms with Gasteiger partial charge in [-0.25, -0.2) is 0 Å². The Balaban J connectivity index is 1.32. The first-order chi connectivity index (χ1) is 14.5. The molecule has 30 heavy (non-hydrogen) atoms. The zero-order valence-corrected chi connectivity index (χ0v) is 16.5. The third kappa shape index (κ3) is 3.63. The first kappa shape index (κ1) is 19.6. The molecule has 1 fully saturated rings. The van der Waals surface area contributed by atoms with Crippen molar-refractivity contribution < 1.29 is 23.9 Å². The first-order valence-electron chi connectivity index (χ1n) is 9.67. The molecule has 0 aliphatic carbocycles. The summed E-state index contributed by atoms with van der Waals surface area (Å²) in [5, 5.41) is 2.83. The largest absolute Gasteiger partial charge is 0.497 e. The summed E-state index contributed by atoms with van der Waals surface area (Å²) in [6, 6.07) is 13.4. The Kier molecular flexibility index (Phi) is 5.22. The fourth-order valence-corrected chi connectivity index (χ4v) is 3.79. The highest BCUT2D eigenvalue weighted by Crippen LogP contribution is 2.26. The number of benzene rings is 2. The van der Waals surface area contributed by atoms with Crippen molar-refractivity contribution in [1.29, 1.82) is 0 Å². The second-order valence-electron chi connectivity index (χ2n) is 7.23. The summed E-state index contributed by atoms with van der Waals surface area (Å²) in [6.07, 6.45) is 0.172. The van der Waals surface area contributed by atoms with Crippen LogP contribution in [0.2, 0.25) is 0 Å². The molecule has 2 aliphatic rings. The van der Waals surface area contributed by atoms with Crippen LogP contribution in [0.1, 0.15) is 33.6 Å². The van der Waals surface area contributed by atoms with Gasteiger partial charge in [-0.05, 0) is 24.3 Å². The molecule has 2 aliphatic heterocycles. The van der Waals surface area contributed by atoms with Crippen molar-refractivity contribution in [3.8, 4) is 5.75 Å². The topological polar surface area (TPSA) is 96.0 Å². The minimum atomic E-state index is -0.386. The lowest BCUT2D eigenvalue weighted by Crippen LogP contribution is -2.40. The third-order valence-corrected chi connectivity index (χ3v) is 5.30. The Morgan fingerprint density at radius 1 is 1.07 bits per heavy atom. The SMILES string of the molecule is COc1cccc(N2CC(NC(=O)CCN3C(=O)c4ccccc4C3=O)CC2=O)c1. The number of rotatable bonds is 6. The molecule has 4 rings (SSSR count). The Labute approximate surface area is 173 Å². The number of nitrogens with one attached hydrogen (secondary N) is 1. The van der Waals surface area contributed by atoms with Gasteiger partial charge in [0.05, 0.1) is 24.3 Å². The highest BCUT2D eigenvalue weighted by molar-refractivity contribution is 6.21. The zero-order valence-electron chi connectivity index (χ0n) is 16.5. The van der Waals surface area contributed by atoms with Crippen molar-refractivity contribution in [3.63, 3.8) is 0 Å². The summed E-state index contributed by atoms with van der Waals surface area (Å²) in [4.78, 5) is 52.2. The number of ether oxygens (including phenoxy) is 1. The summed E-state index contributed by atoms with van der Waals surface area (Å²) < 4.78 is 5.20. The van der Waals surface area contributed by atoms with Gasteiger partial charge in [-0.2, -0.15) is 0 Å². The number of nitrogens with zero attached hydrogens (tertiary/aromatic N) is 2. The van der Waals surface area contributed by atoms with Gasteiger partial charge in [0.25, 0.3) is 11.8 Å². The predicted molar refractivity (Wildman–Crippen MR) is 108 cm³/mol. The maximum atomic E-state index is 12.4. The fourth-order valence-electron chi connectivity index (χ4n) is 3.79. The minimum absolute atomic E-state index is 0.00154. The van der Waals surface area contributed by atoms with Crippen LogP contribution in [0.15, 0.2) is 48.5 Å². The quantitative estimate of drug-likeness (QED) is 0.734. The Morgan fingerprint density at radius 2 is 1.77 bits per heavy atom. The van der Waals surface area contributed by atoms with Gasteiger partial charge in [0.15, 0.2) is 0 Å². The molecule has 0 saturated carbocycles. The van der Waals surface area contributed by atoms with Crippen LogP contribution in [-0.4, -0.2) is 54.8 Å². The van der Waals surface area contributed by atoms with Gasteiger partial charge in [0.2, 0.25) is 11.8 Å². The number of fused-ring (bicyclic) bond motifs is 1. The number of methoxy groups -OCH3 is 1. The molecule has 1 atom stereocenters. The summed E-state index contributed by atoms with van der Waals surface area (Å²) in [6.45, 7) is 0.350. The van der Waals surface area contributed by atoms with Crippen molar-refractivity contribution in [2.75, 3.05) is 25.1 Å². The van der Waals surface area contributed by atoms with Crippen LogP contribution in [0.3, 0.4) is 0 Å². The molecule has 0 aromatic heterocycles. The second kappa shape index (κ2) is 7.98. The molecular formula is C22H21N3O5. The van der Waals surface area contributed by atoms with E-state index >= 15 is 0 Å². The van der Waals surface area contributed by atoms with Gasteiger partial charge in [-0.1, -0.05) is 18.2 Å². The minimum Gasteiger partial charge on any atom is -0.497 e. The number of carbonyl (C=O) groups is 4. The lowest BCUT2D eigenvalue weighted by atomic mass is 10.1. The Bertz CT molecular complexity index is 1000. The molecule has 154 valence electrons. The molecule has 0 radical (unpaired) electrons. The van der Waals surface area contributed by atoms with Crippen molar-refractivity contribution in [3.05, 3.63) is 59.7 Å². The number of anilines is 1. The highest BCUT2D eigenvalue weighted by atomic mass is 16.5. The molecule has 2 heterocycles. The lowest BCUT2D eigenvalue weighted by Gasteiger charge is -2.18. The fraction of sp³-hybridized carbons (Fsp3) is 0.273. The van der Waals surface area contributed by atoms with Gasteiger partial charge in [-0.3, -0.25) is 24.1 Å². The standard InChI is InChI=1S/C22H21N3O5/c1-30-16-6-4-5-15(12-16)25-13-14(11-20(25)27)23-19(26)9-10-24-21(28)17-7-2-3-8-18(17)22(24)29/h2-8,12,14H,9-11,13H2,1H3,(H,23,26). The van der Waals surface area contributed by atoms with Gasteiger partial charge in [-0.15, -0.1) is 0 Å². The molecule has 1 unspecified atom stereocenters. The highest BCUT2D eigenvalue weighted by Gasteiger charge is 2.36.